The predicted molar refractivity (Wildman–Crippen MR) is 72.6 cm³/mol. The van der Waals surface area contributed by atoms with Crippen LogP contribution < -0.4 is 10.7 Å². The summed E-state index contributed by atoms with van der Waals surface area (Å²) in [6.07, 6.45) is 0. The molecular formula is C12H18N4O3. The Kier molecular flexibility index (Phi) is 5.91. The van der Waals surface area contributed by atoms with Crippen molar-refractivity contribution in [2.24, 2.45) is 0 Å². The van der Waals surface area contributed by atoms with Gasteiger partial charge in [-0.25, -0.2) is 10.4 Å². The van der Waals surface area contributed by atoms with Crippen LogP contribution >= 0.6 is 0 Å². The molecule has 104 valence electrons. The first-order valence-corrected chi connectivity index (χ1v) is 6.09. The second-order valence-corrected chi connectivity index (χ2v) is 3.86. The number of non-ortho nitro benzene ring substituents is 1. The van der Waals surface area contributed by atoms with Crippen LogP contribution in [0.4, 0.5) is 11.4 Å². The lowest BCUT2D eigenvalue weighted by Crippen LogP contribution is -2.42. The molecule has 0 bridgehead atoms. The van der Waals surface area contributed by atoms with E-state index in [0.717, 1.165) is 13.1 Å². The highest BCUT2D eigenvalue weighted by Gasteiger charge is 2.07. The zero-order valence-electron chi connectivity index (χ0n) is 11.0. The average molecular weight is 266 g/mol. The van der Waals surface area contributed by atoms with Gasteiger partial charge in [-0.1, -0.05) is 13.8 Å². The van der Waals surface area contributed by atoms with Crippen LogP contribution in [0.2, 0.25) is 0 Å². The molecule has 1 rings (SSSR count). The molecule has 0 unspecified atom stereocenters. The standard InChI is InChI=1S/C12H18N4O3/c1-3-15(4-2)13-9-12(17)14-10-5-7-11(8-6-10)16(18)19/h5-8,13H,3-4,9H2,1-2H3,(H,14,17). The van der Waals surface area contributed by atoms with Crippen molar-refractivity contribution < 1.29 is 9.72 Å². The normalized spacial score (nSPS) is 10.5. The third-order valence-electron chi connectivity index (χ3n) is 2.59. The summed E-state index contributed by atoms with van der Waals surface area (Å²) in [4.78, 5) is 21.6. The summed E-state index contributed by atoms with van der Waals surface area (Å²) in [6, 6.07) is 5.72. The first kappa shape index (κ1) is 15.1. The Morgan fingerprint density at radius 1 is 1.26 bits per heavy atom. The van der Waals surface area contributed by atoms with Crippen molar-refractivity contribution in [3.05, 3.63) is 34.4 Å². The summed E-state index contributed by atoms with van der Waals surface area (Å²) in [6.45, 7) is 5.76. The maximum atomic E-state index is 11.6. The lowest BCUT2D eigenvalue weighted by molar-refractivity contribution is -0.384. The Labute approximate surface area is 111 Å². The van der Waals surface area contributed by atoms with E-state index in [1.54, 1.807) is 0 Å². The number of nitro benzene ring substituents is 1. The largest absolute Gasteiger partial charge is 0.325 e. The number of anilines is 1. The monoisotopic (exact) mass is 266 g/mol. The Morgan fingerprint density at radius 3 is 2.32 bits per heavy atom. The number of rotatable bonds is 7. The number of carbonyl (C=O) groups is 1. The van der Waals surface area contributed by atoms with Gasteiger partial charge in [0.1, 0.15) is 0 Å². The van der Waals surface area contributed by atoms with E-state index in [-0.39, 0.29) is 18.1 Å². The van der Waals surface area contributed by atoms with Crippen molar-refractivity contribution in [1.82, 2.24) is 10.4 Å². The van der Waals surface area contributed by atoms with E-state index in [1.165, 1.54) is 24.3 Å². The zero-order chi connectivity index (χ0) is 14.3. The van der Waals surface area contributed by atoms with Crippen LogP contribution in [0.1, 0.15) is 13.8 Å². The van der Waals surface area contributed by atoms with Gasteiger partial charge in [0.15, 0.2) is 0 Å². The lowest BCUT2D eigenvalue weighted by Gasteiger charge is -2.18. The number of carbonyl (C=O) groups excluding carboxylic acids is 1. The molecule has 1 amide bonds. The quantitative estimate of drug-likeness (QED) is 0.575. The van der Waals surface area contributed by atoms with Crippen LogP contribution in [0.3, 0.4) is 0 Å². The van der Waals surface area contributed by atoms with Gasteiger partial charge in [-0.2, -0.15) is 0 Å². The van der Waals surface area contributed by atoms with E-state index in [1.807, 2.05) is 18.9 Å². The average Bonchev–Trinajstić information content (AvgIpc) is 2.40. The highest BCUT2D eigenvalue weighted by atomic mass is 16.6. The summed E-state index contributed by atoms with van der Waals surface area (Å²) >= 11 is 0. The zero-order valence-corrected chi connectivity index (χ0v) is 11.0. The summed E-state index contributed by atoms with van der Waals surface area (Å²) in [7, 11) is 0. The Balaban J connectivity index is 2.46. The summed E-state index contributed by atoms with van der Waals surface area (Å²) in [5.74, 6) is -0.194. The topological polar surface area (TPSA) is 87.5 Å². The molecule has 0 heterocycles. The molecule has 0 aliphatic heterocycles. The number of amides is 1. The first-order chi connectivity index (χ1) is 9.06. The van der Waals surface area contributed by atoms with Crippen LogP contribution in [0.25, 0.3) is 0 Å². The fourth-order valence-corrected chi connectivity index (χ4v) is 1.50. The molecule has 7 nitrogen and oxygen atoms in total. The molecule has 0 spiro atoms. The number of benzene rings is 1. The van der Waals surface area contributed by atoms with Gasteiger partial charge in [-0.05, 0) is 12.1 Å². The van der Waals surface area contributed by atoms with E-state index in [2.05, 4.69) is 10.7 Å². The van der Waals surface area contributed by atoms with Gasteiger partial charge in [-0.15, -0.1) is 0 Å². The van der Waals surface area contributed by atoms with Crippen molar-refractivity contribution in [1.29, 1.82) is 0 Å². The maximum Gasteiger partial charge on any atom is 0.269 e. The van der Waals surface area contributed by atoms with Crippen molar-refractivity contribution in [2.75, 3.05) is 25.0 Å². The van der Waals surface area contributed by atoms with Gasteiger partial charge in [-0.3, -0.25) is 14.9 Å². The minimum absolute atomic E-state index is 0.000680. The molecule has 1 aromatic carbocycles. The Morgan fingerprint density at radius 2 is 1.84 bits per heavy atom. The van der Waals surface area contributed by atoms with Gasteiger partial charge in [0.2, 0.25) is 5.91 Å². The smallest absolute Gasteiger partial charge is 0.269 e. The van der Waals surface area contributed by atoms with E-state index in [4.69, 9.17) is 0 Å². The Bertz CT molecular complexity index is 429. The molecule has 0 radical (unpaired) electrons. The molecule has 0 saturated heterocycles. The van der Waals surface area contributed by atoms with Gasteiger partial charge >= 0.3 is 0 Å². The van der Waals surface area contributed by atoms with Crippen molar-refractivity contribution in [3.63, 3.8) is 0 Å². The maximum absolute atomic E-state index is 11.6. The number of nitro groups is 1. The molecule has 0 aliphatic carbocycles. The number of nitrogens with one attached hydrogen (secondary N) is 2. The molecule has 2 N–H and O–H groups in total. The molecular weight excluding hydrogens is 248 g/mol. The van der Waals surface area contributed by atoms with Crippen LogP contribution in [0.15, 0.2) is 24.3 Å². The SMILES string of the molecule is CCN(CC)NCC(=O)Nc1ccc([N+](=O)[O-])cc1. The third-order valence-corrected chi connectivity index (χ3v) is 2.59. The van der Waals surface area contributed by atoms with Crippen molar-refractivity contribution in [2.45, 2.75) is 13.8 Å². The van der Waals surface area contributed by atoms with Gasteiger partial charge in [0.05, 0.1) is 11.5 Å². The fraction of sp³-hybridized carbons (Fsp3) is 0.417. The second kappa shape index (κ2) is 7.45. The minimum Gasteiger partial charge on any atom is -0.325 e. The molecule has 0 saturated carbocycles. The van der Waals surface area contributed by atoms with E-state index < -0.39 is 4.92 Å². The molecule has 0 fully saturated rings. The van der Waals surface area contributed by atoms with Crippen LogP contribution in [0, 0.1) is 10.1 Å². The molecule has 19 heavy (non-hydrogen) atoms. The van der Waals surface area contributed by atoms with Crippen LogP contribution in [-0.2, 0) is 4.79 Å². The predicted octanol–water partition coefficient (Wildman–Crippen LogP) is 1.38. The minimum atomic E-state index is -0.479. The molecule has 7 heteroatoms. The molecule has 0 aromatic heterocycles. The fourth-order valence-electron chi connectivity index (χ4n) is 1.50. The molecule has 0 atom stereocenters. The van der Waals surface area contributed by atoms with Crippen LogP contribution in [-0.4, -0.2) is 35.5 Å². The first-order valence-electron chi connectivity index (χ1n) is 6.09. The third kappa shape index (κ3) is 5.02. The number of hydrazine groups is 1. The molecule has 0 aliphatic rings. The highest BCUT2D eigenvalue weighted by molar-refractivity contribution is 5.92. The highest BCUT2D eigenvalue weighted by Crippen LogP contribution is 2.14. The van der Waals surface area contributed by atoms with Gasteiger partial charge < -0.3 is 5.32 Å². The van der Waals surface area contributed by atoms with E-state index in [9.17, 15) is 14.9 Å². The van der Waals surface area contributed by atoms with Crippen molar-refractivity contribution >= 4 is 17.3 Å². The number of hydrogen-bond donors (Lipinski definition) is 2. The Hall–Kier alpha value is -1.99. The van der Waals surface area contributed by atoms with Crippen LogP contribution in [0.5, 0.6) is 0 Å². The van der Waals surface area contributed by atoms with Gasteiger partial charge in [0.25, 0.3) is 5.69 Å². The van der Waals surface area contributed by atoms with Crippen molar-refractivity contribution in [3.8, 4) is 0 Å². The molecule has 1 aromatic rings. The second-order valence-electron chi connectivity index (χ2n) is 3.86. The number of hydrogen-bond acceptors (Lipinski definition) is 5. The van der Waals surface area contributed by atoms with E-state index >= 15 is 0 Å². The lowest BCUT2D eigenvalue weighted by atomic mass is 10.3. The summed E-state index contributed by atoms with van der Waals surface area (Å²) in [5.41, 5.74) is 3.52. The van der Waals surface area contributed by atoms with E-state index in [0.29, 0.717) is 5.69 Å². The summed E-state index contributed by atoms with van der Waals surface area (Å²) in [5, 5.41) is 15.1. The number of nitrogens with zero attached hydrogens (tertiary/aromatic N) is 2. The van der Waals surface area contributed by atoms with Gasteiger partial charge in [0, 0.05) is 30.9 Å². The summed E-state index contributed by atoms with van der Waals surface area (Å²) < 4.78 is 0.